The maximum Gasteiger partial charge on any atom is 0.339 e. The van der Waals surface area contributed by atoms with E-state index in [4.69, 9.17) is 4.74 Å². The van der Waals surface area contributed by atoms with Crippen molar-refractivity contribution in [2.24, 2.45) is 5.10 Å². The molecule has 0 aliphatic heterocycles. The minimum absolute atomic E-state index is 0.0814. The van der Waals surface area contributed by atoms with Crippen LogP contribution >= 0.6 is 0 Å². The van der Waals surface area contributed by atoms with Crippen molar-refractivity contribution in [3.05, 3.63) is 92.8 Å². The first-order valence-electron chi connectivity index (χ1n) is 9.28. The number of para-hydroxylation sites is 2. The first kappa shape index (κ1) is 21.4. The van der Waals surface area contributed by atoms with Crippen LogP contribution in [0, 0.1) is 24.0 Å². The average Bonchev–Trinajstić information content (AvgIpc) is 3.05. The van der Waals surface area contributed by atoms with E-state index in [-0.39, 0.29) is 11.3 Å². The van der Waals surface area contributed by atoms with Crippen LogP contribution < -0.4 is 5.43 Å². The zero-order chi connectivity index (χ0) is 22.5. The van der Waals surface area contributed by atoms with E-state index in [1.807, 2.05) is 36.6 Å². The Kier molecular flexibility index (Phi) is 6.25. The predicted octanol–water partition coefficient (Wildman–Crippen LogP) is 3.55. The average molecular weight is 420 g/mol. The van der Waals surface area contributed by atoms with Crippen molar-refractivity contribution in [2.45, 2.75) is 13.8 Å². The van der Waals surface area contributed by atoms with Gasteiger partial charge in [0.1, 0.15) is 5.56 Å². The SMILES string of the molecule is COC(=O)c1ccccc1-n1c(C)cc(/C=N\NC(=O)c2ccccc2[N+](=O)[O-])c1C. The highest BCUT2D eigenvalue weighted by Gasteiger charge is 2.19. The number of aryl methyl sites for hydroxylation is 1. The number of amides is 1. The molecule has 3 rings (SSSR count). The molecule has 9 nitrogen and oxygen atoms in total. The molecule has 0 aliphatic rings. The molecule has 1 aromatic heterocycles. The summed E-state index contributed by atoms with van der Waals surface area (Å²) in [6.45, 7) is 3.73. The van der Waals surface area contributed by atoms with Gasteiger partial charge in [0.2, 0.25) is 0 Å². The van der Waals surface area contributed by atoms with Crippen LogP contribution in [0.15, 0.2) is 59.7 Å². The van der Waals surface area contributed by atoms with E-state index < -0.39 is 16.8 Å². The second-order valence-electron chi connectivity index (χ2n) is 6.64. The standard InChI is InChI=1S/C22H20N4O5/c1-14-12-16(13-23-24-21(27)17-8-4-7-11-20(17)26(29)30)15(2)25(14)19-10-6-5-9-18(19)22(28)31-3/h4-13H,1-3H3,(H,24,27)/b23-13-. The van der Waals surface area contributed by atoms with E-state index in [2.05, 4.69) is 10.5 Å². The number of carbonyl (C=O) groups excluding carboxylic acids is 2. The molecule has 0 aliphatic carbocycles. The minimum Gasteiger partial charge on any atom is -0.465 e. The monoisotopic (exact) mass is 420 g/mol. The topological polar surface area (TPSA) is 116 Å². The summed E-state index contributed by atoms with van der Waals surface area (Å²) < 4.78 is 6.76. The van der Waals surface area contributed by atoms with E-state index in [0.29, 0.717) is 16.8 Å². The molecule has 1 amide bonds. The maximum absolute atomic E-state index is 12.3. The minimum atomic E-state index is -0.687. The van der Waals surface area contributed by atoms with Gasteiger partial charge in [-0.1, -0.05) is 24.3 Å². The molecule has 9 heteroatoms. The van der Waals surface area contributed by atoms with E-state index in [1.54, 1.807) is 12.1 Å². The lowest BCUT2D eigenvalue weighted by Gasteiger charge is -2.13. The largest absolute Gasteiger partial charge is 0.465 e. The second kappa shape index (κ2) is 9.04. The number of benzene rings is 2. The van der Waals surface area contributed by atoms with Gasteiger partial charge in [-0.25, -0.2) is 10.2 Å². The summed E-state index contributed by atoms with van der Waals surface area (Å²) in [5, 5.41) is 15.0. The van der Waals surface area contributed by atoms with Crippen LogP contribution in [-0.4, -0.2) is 34.7 Å². The molecule has 3 aromatic rings. The fraction of sp³-hybridized carbons (Fsp3) is 0.136. The van der Waals surface area contributed by atoms with Crippen molar-refractivity contribution >= 4 is 23.8 Å². The lowest BCUT2D eigenvalue weighted by molar-refractivity contribution is -0.385. The Balaban J connectivity index is 1.88. The molecular weight excluding hydrogens is 400 g/mol. The van der Waals surface area contributed by atoms with Gasteiger partial charge < -0.3 is 9.30 Å². The Bertz CT molecular complexity index is 1200. The van der Waals surface area contributed by atoms with Gasteiger partial charge in [-0.2, -0.15) is 5.10 Å². The highest BCUT2D eigenvalue weighted by atomic mass is 16.6. The number of nitrogens with zero attached hydrogens (tertiary/aromatic N) is 3. The molecule has 0 bridgehead atoms. The Hall–Kier alpha value is -4.27. The van der Waals surface area contributed by atoms with Crippen molar-refractivity contribution in [2.75, 3.05) is 7.11 Å². The quantitative estimate of drug-likeness (QED) is 0.283. The number of rotatable bonds is 6. The van der Waals surface area contributed by atoms with Crippen molar-refractivity contribution in [1.82, 2.24) is 9.99 Å². The van der Waals surface area contributed by atoms with Crippen LogP contribution in [-0.2, 0) is 4.74 Å². The molecule has 0 saturated heterocycles. The van der Waals surface area contributed by atoms with Gasteiger partial charge in [-0.3, -0.25) is 14.9 Å². The molecule has 0 spiro atoms. The van der Waals surface area contributed by atoms with Crippen LogP contribution in [0.1, 0.15) is 37.7 Å². The number of carbonyl (C=O) groups is 2. The molecule has 2 aromatic carbocycles. The zero-order valence-corrected chi connectivity index (χ0v) is 17.2. The molecule has 0 atom stereocenters. The van der Waals surface area contributed by atoms with Gasteiger partial charge in [0.15, 0.2) is 0 Å². The summed E-state index contributed by atoms with van der Waals surface area (Å²) in [7, 11) is 1.33. The number of hydrogen-bond donors (Lipinski definition) is 1. The lowest BCUT2D eigenvalue weighted by Crippen LogP contribution is -2.19. The number of ether oxygens (including phenoxy) is 1. The number of hydrazone groups is 1. The Labute approximate surface area is 178 Å². The predicted molar refractivity (Wildman–Crippen MR) is 115 cm³/mol. The summed E-state index contributed by atoms with van der Waals surface area (Å²) >= 11 is 0. The number of aromatic nitrogens is 1. The van der Waals surface area contributed by atoms with Gasteiger partial charge in [0, 0.05) is 23.0 Å². The van der Waals surface area contributed by atoms with Crippen molar-refractivity contribution in [1.29, 1.82) is 0 Å². The molecule has 0 fully saturated rings. The third kappa shape index (κ3) is 4.35. The number of nitro groups is 1. The normalized spacial score (nSPS) is 10.8. The van der Waals surface area contributed by atoms with Gasteiger partial charge in [-0.05, 0) is 38.1 Å². The fourth-order valence-corrected chi connectivity index (χ4v) is 3.29. The molecule has 0 unspecified atom stereocenters. The van der Waals surface area contributed by atoms with Crippen molar-refractivity contribution in [3.8, 4) is 5.69 Å². The second-order valence-corrected chi connectivity index (χ2v) is 6.64. The molecule has 31 heavy (non-hydrogen) atoms. The van der Waals surface area contributed by atoms with E-state index >= 15 is 0 Å². The van der Waals surface area contributed by atoms with Crippen molar-refractivity contribution < 1.29 is 19.2 Å². The molecule has 158 valence electrons. The molecular formula is C22H20N4O5. The number of hydrogen-bond acceptors (Lipinski definition) is 6. The summed E-state index contributed by atoms with van der Waals surface area (Å²) in [6, 6.07) is 14.6. The number of nitro benzene ring substituents is 1. The maximum atomic E-state index is 12.3. The van der Waals surface area contributed by atoms with Crippen LogP contribution in [0.4, 0.5) is 5.69 Å². The summed E-state index contributed by atoms with van der Waals surface area (Å²) in [5.74, 6) is -1.14. The van der Waals surface area contributed by atoms with Crippen LogP contribution in [0.25, 0.3) is 5.69 Å². The summed E-state index contributed by atoms with van der Waals surface area (Å²) in [4.78, 5) is 34.9. The van der Waals surface area contributed by atoms with Gasteiger partial charge >= 0.3 is 5.97 Å². The number of methoxy groups -OCH3 is 1. The van der Waals surface area contributed by atoms with Crippen molar-refractivity contribution in [3.63, 3.8) is 0 Å². The summed E-state index contributed by atoms with van der Waals surface area (Å²) in [5.41, 5.74) is 5.36. The van der Waals surface area contributed by atoms with E-state index in [0.717, 1.165) is 11.4 Å². The zero-order valence-electron chi connectivity index (χ0n) is 17.2. The first-order valence-corrected chi connectivity index (χ1v) is 9.28. The first-order chi connectivity index (χ1) is 14.8. The van der Waals surface area contributed by atoms with Crippen LogP contribution in [0.2, 0.25) is 0 Å². The van der Waals surface area contributed by atoms with Gasteiger partial charge in [0.05, 0.1) is 29.5 Å². The Morgan fingerprint density at radius 3 is 2.42 bits per heavy atom. The van der Waals surface area contributed by atoms with Gasteiger partial charge in [-0.15, -0.1) is 0 Å². The number of nitrogens with one attached hydrogen (secondary N) is 1. The highest BCUT2D eigenvalue weighted by molar-refractivity contribution is 5.98. The Morgan fingerprint density at radius 1 is 1.10 bits per heavy atom. The third-order valence-electron chi connectivity index (χ3n) is 4.74. The van der Waals surface area contributed by atoms with Crippen LogP contribution in [0.3, 0.4) is 0 Å². The van der Waals surface area contributed by atoms with E-state index in [9.17, 15) is 19.7 Å². The summed E-state index contributed by atoms with van der Waals surface area (Å²) in [6.07, 6.45) is 1.45. The van der Waals surface area contributed by atoms with Crippen LogP contribution in [0.5, 0.6) is 0 Å². The lowest BCUT2D eigenvalue weighted by atomic mass is 10.1. The molecule has 0 saturated carbocycles. The Morgan fingerprint density at radius 2 is 1.74 bits per heavy atom. The van der Waals surface area contributed by atoms with Gasteiger partial charge in [0.25, 0.3) is 11.6 Å². The molecule has 1 N–H and O–H groups in total. The highest BCUT2D eigenvalue weighted by Crippen LogP contribution is 2.23. The molecule has 1 heterocycles. The fourth-order valence-electron chi connectivity index (χ4n) is 3.29. The third-order valence-corrected chi connectivity index (χ3v) is 4.74. The number of esters is 1. The molecule has 0 radical (unpaired) electrons. The van der Waals surface area contributed by atoms with E-state index in [1.165, 1.54) is 37.6 Å². The smallest absolute Gasteiger partial charge is 0.339 e.